The molecule has 2 N–H and O–H groups in total. The second-order valence-electron chi connectivity index (χ2n) is 4.17. The zero-order valence-electron chi connectivity index (χ0n) is 10.5. The summed E-state index contributed by atoms with van der Waals surface area (Å²) in [4.78, 5) is 23.7. The summed E-state index contributed by atoms with van der Waals surface area (Å²) in [6.45, 7) is 1.55. The molecule has 5 nitrogen and oxygen atoms in total. The third-order valence-corrected chi connectivity index (χ3v) is 2.80. The van der Waals surface area contributed by atoms with Crippen molar-refractivity contribution in [1.29, 1.82) is 0 Å². The molecule has 2 amide bonds. The third-order valence-electron chi connectivity index (χ3n) is 2.49. The predicted octanol–water partition coefficient (Wildman–Crippen LogP) is 2.66. The van der Waals surface area contributed by atoms with Crippen molar-refractivity contribution in [3.05, 3.63) is 29.0 Å². The van der Waals surface area contributed by atoms with E-state index < -0.39 is 23.7 Å². The summed E-state index contributed by atoms with van der Waals surface area (Å²) in [5.74, 6) is -2.17. The lowest BCUT2D eigenvalue weighted by Gasteiger charge is -2.20. The van der Waals surface area contributed by atoms with Gasteiger partial charge in [-0.3, -0.25) is 4.79 Å². The lowest BCUT2D eigenvalue weighted by molar-refractivity contribution is -0.141. The summed E-state index contributed by atoms with van der Waals surface area (Å²) >= 11 is 5.77. The Morgan fingerprint density at radius 1 is 1.53 bits per heavy atom. The molecule has 1 unspecified atom stereocenters. The monoisotopic (exact) mass is 288 g/mol. The van der Waals surface area contributed by atoms with Gasteiger partial charge in [0.2, 0.25) is 0 Å². The predicted molar refractivity (Wildman–Crippen MR) is 69.9 cm³/mol. The number of rotatable bonds is 4. The number of hydrogen-bond donors (Lipinski definition) is 2. The van der Waals surface area contributed by atoms with Gasteiger partial charge in [-0.2, -0.15) is 0 Å². The molecule has 0 spiro atoms. The van der Waals surface area contributed by atoms with E-state index in [1.54, 1.807) is 0 Å². The number of nitrogens with one attached hydrogen (secondary N) is 1. The molecule has 0 aliphatic carbocycles. The normalized spacial score (nSPS) is 11.8. The van der Waals surface area contributed by atoms with Gasteiger partial charge in [-0.05, 0) is 18.2 Å². The summed E-state index contributed by atoms with van der Waals surface area (Å²) < 4.78 is 12.8. The number of carboxylic acids is 1. The van der Waals surface area contributed by atoms with Crippen LogP contribution in [0.15, 0.2) is 18.2 Å². The fourth-order valence-electron chi connectivity index (χ4n) is 1.37. The molecule has 0 aromatic heterocycles. The first kappa shape index (κ1) is 15.2. The summed E-state index contributed by atoms with van der Waals surface area (Å²) in [6, 6.07) is 3.07. The van der Waals surface area contributed by atoms with Crippen LogP contribution in [0.5, 0.6) is 0 Å². The first-order chi connectivity index (χ1) is 8.81. The van der Waals surface area contributed by atoms with Crippen LogP contribution in [0.2, 0.25) is 5.02 Å². The second kappa shape index (κ2) is 6.38. The summed E-state index contributed by atoms with van der Waals surface area (Å²) in [6.07, 6.45) is 0. The minimum Gasteiger partial charge on any atom is -0.481 e. The largest absolute Gasteiger partial charge is 0.481 e. The number of amides is 2. The van der Waals surface area contributed by atoms with Crippen LogP contribution in [0.1, 0.15) is 6.92 Å². The molecule has 0 saturated carbocycles. The third kappa shape index (κ3) is 4.40. The van der Waals surface area contributed by atoms with E-state index in [9.17, 15) is 14.0 Å². The van der Waals surface area contributed by atoms with Gasteiger partial charge in [0.25, 0.3) is 0 Å². The Balaban J connectivity index is 2.66. The number of anilines is 1. The molecular formula is C12H14ClFN2O3. The lowest BCUT2D eigenvalue weighted by atomic mass is 10.2. The van der Waals surface area contributed by atoms with E-state index in [0.717, 1.165) is 6.07 Å². The number of urea groups is 1. The highest BCUT2D eigenvalue weighted by Gasteiger charge is 2.18. The topological polar surface area (TPSA) is 69.6 Å². The lowest BCUT2D eigenvalue weighted by Crippen LogP contribution is -2.36. The molecule has 0 radical (unpaired) electrons. The molecule has 19 heavy (non-hydrogen) atoms. The van der Waals surface area contributed by atoms with E-state index in [2.05, 4.69) is 5.32 Å². The molecular weight excluding hydrogens is 275 g/mol. The Morgan fingerprint density at radius 3 is 2.68 bits per heavy atom. The average molecular weight is 289 g/mol. The average Bonchev–Trinajstić information content (AvgIpc) is 2.32. The molecule has 0 aliphatic rings. The van der Waals surface area contributed by atoms with Crippen LogP contribution in [0.3, 0.4) is 0 Å². The van der Waals surface area contributed by atoms with Gasteiger partial charge in [-0.15, -0.1) is 0 Å². The van der Waals surface area contributed by atoms with Crippen LogP contribution < -0.4 is 5.32 Å². The van der Waals surface area contributed by atoms with E-state index in [1.165, 1.54) is 31.0 Å². The fourth-order valence-corrected chi connectivity index (χ4v) is 1.59. The van der Waals surface area contributed by atoms with Gasteiger partial charge in [0, 0.05) is 13.6 Å². The van der Waals surface area contributed by atoms with Crippen LogP contribution in [-0.2, 0) is 4.79 Å². The molecule has 1 aromatic carbocycles. The van der Waals surface area contributed by atoms with E-state index in [0.29, 0.717) is 0 Å². The van der Waals surface area contributed by atoms with Crippen LogP contribution in [0.25, 0.3) is 0 Å². The maximum Gasteiger partial charge on any atom is 0.321 e. The Hall–Kier alpha value is -1.82. The van der Waals surface area contributed by atoms with Gasteiger partial charge in [-0.25, -0.2) is 9.18 Å². The quantitative estimate of drug-likeness (QED) is 0.895. The molecule has 7 heteroatoms. The number of halogens is 2. The Morgan fingerprint density at radius 2 is 2.16 bits per heavy atom. The molecule has 0 heterocycles. The van der Waals surface area contributed by atoms with Gasteiger partial charge >= 0.3 is 12.0 Å². The molecule has 104 valence electrons. The maximum absolute atomic E-state index is 12.8. The molecule has 1 aromatic rings. The van der Waals surface area contributed by atoms with Gasteiger partial charge < -0.3 is 15.3 Å². The van der Waals surface area contributed by atoms with Gasteiger partial charge in [0.05, 0.1) is 16.6 Å². The Bertz CT molecular complexity index is 496. The van der Waals surface area contributed by atoms with Crippen molar-refractivity contribution in [2.75, 3.05) is 18.9 Å². The van der Waals surface area contributed by atoms with Crippen molar-refractivity contribution >= 4 is 29.3 Å². The minimum absolute atomic E-state index is 0.0555. The van der Waals surface area contributed by atoms with E-state index >= 15 is 0 Å². The smallest absolute Gasteiger partial charge is 0.321 e. The van der Waals surface area contributed by atoms with Gasteiger partial charge in [-0.1, -0.05) is 18.5 Å². The molecule has 0 fully saturated rings. The van der Waals surface area contributed by atoms with Crippen molar-refractivity contribution in [3.63, 3.8) is 0 Å². The molecule has 1 atom stereocenters. The zero-order valence-corrected chi connectivity index (χ0v) is 11.2. The van der Waals surface area contributed by atoms with Crippen molar-refractivity contribution in [1.82, 2.24) is 4.90 Å². The minimum atomic E-state index is -0.987. The van der Waals surface area contributed by atoms with E-state index in [4.69, 9.17) is 16.7 Å². The highest BCUT2D eigenvalue weighted by molar-refractivity contribution is 6.33. The van der Waals surface area contributed by atoms with Crippen molar-refractivity contribution in [2.24, 2.45) is 5.92 Å². The molecule has 0 saturated heterocycles. The number of carboxylic acid groups (broad SMARTS) is 1. The number of aliphatic carboxylic acids is 1. The van der Waals surface area contributed by atoms with Crippen LogP contribution in [-0.4, -0.2) is 35.6 Å². The number of benzene rings is 1. The number of carbonyl (C=O) groups is 2. The van der Waals surface area contributed by atoms with E-state index in [-0.39, 0.29) is 17.3 Å². The highest BCUT2D eigenvalue weighted by atomic mass is 35.5. The summed E-state index contributed by atoms with van der Waals surface area (Å²) in [5.41, 5.74) is 0.267. The van der Waals surface area contributed by atoms with Crippen LogP contribution >= 0.6 is 11.6 Å². The number of nitrogens with zero attached hydrogens (tertiary/aromatic N) is 1. The van der Waals surface area contributed by atoms with Crippen molar-refractivity contribution < 1.29 is 19.1 Å². The Kier molecular flexibility index (Phi) is 5.11. The molecule has 0 aliphatic heterocycles. The van der Waals surface area contributed by atoms with Crippen molar-refractivity contribution in [3.8, 4) is 0 Å². The number of carbonyl (C=O) groups excluding carboxylic acids is 1. The summed E-state index contributed by atoms with van der Waals surface area (Å²) in [7, 11) is 1.46. The molecule has 0 bridgehead atoms. The molecule has 1 rings (SSSR count). The van der Waals surface area contributed by atoms with Crippen LogP contribution in [0.4, 0.5) is 14.9 Å². The first-order valence-corrected chi connectivity index (χ1v) is 5.89. The standard InChI is InChI=1S/C12H14ClFN2O3/c1-7(11(17)18)6-16(2)12(19)15-10-4-3-8(14)5-9(10)13/h3-5,7H,6H2,1-2H3,(H,15,19)(H,17,18). The second-order valence-corrected chi connectivity index (χ2v) is 4.58. The Labute approximate surface area is 115 Å². The van der Waals surface area contributed by atoms with E-state index in [1.807, 2.05) is 0 Å². The highest BCUT2D eigenvalue weighted by Crippen LogP contribution is 2.22. The van der Waals surface area contributed by atoms with Gasteiger partial charge in [0.15, 0.2) is 0 Å². The number of hydrogen-bond acceptors (Lipinski definition) is 2. The van der Waals surface area contributed by atoms with Crippen LogP contribution in [0, 0.1) is 11.7 Å². The fraction of sp³-hybridized carbons (Fsp3) is 0.333. The maximum atomic E-state index is 12.8. The first-order valence-electron chi connectivity index (χ1n) is 5.51. The SMILES string of the molecule is CC(CN(C)C(=O)Nc1ccc(F)cc1Cl)C(=O)O. The zero-order chi connectivity index (χ0) is 14.6. The van der Waals surface area contributed by atoms with Crippen molar-refractivity contribution in [2.45, 2.75) is 6.92 Å². The van der Waals surface area contributed by atoms with Gasteiger partial charge in [0.1, 0.15) is 5.82 Å². The summed E-state index contributed by atoms with van der Waals surface area (Å²) in [5, 5.41) is 11.3.